The highest BCUT2D eigenvalue weighted by molar-refractivity contribution is 7.90. The van der Waals surface area contributed by atoms with Crippen molar-refractivity contribution in [3.63, 3.8) is 0 Å². The second-order valence-electron chi connectivity index (χ2n) is 5.00. The molecule has 21 heavy (non-hydrogen) atoms. The summed E-state index contributed by atoms with van der Waals surface area (Å²) < 4.78 is 23.9. The Morgan fingerprint density at radius 2 is 1.81 bits per heavy atom. The van der Waals surface area contributed by atoms with Crippen molar-refractivity contribution >= 4 is 21.2 Å². The smallest absolute Gasteiger partial charge is 0.177 e. The Hall–Kier alpha value is -2.01. The largest absolute Gasteiger partial charge is 0.399 e. The molecule has 0 saturated heterocycles. The maximum Gasteiger partial charge on any atom is 0.177 e. The van der Waals surface area contributed by atoms with Crippen molar-refractivity contribution in [3.05, 3.63) is 54.1 Å². The zero-order valence-electron chi connectivity index (χ0n) is 12.3. The predicted octanol–water partition coefficient (Wildman–Crippen LogP) is 2.70. The van der Waals surface area contributed by atoms with Crippen molar-refractivity contribution in [1.82, 2.24) is 0 Å². The molecular weight excluding hydrogens is 284 g/mol. The molecule has 5 heteroatoms. The molecule has 0 bridgehead atoms. The fourth-order valence-corrected chi connectivity index (χ4v) is 3.21. The van der Waals surface area contributed by atoms with Crippen LogP contribution in [0.4, 0.5) is 11.4 Å². The number of nitrogens with zero attached hydrogens (tertiary/aromatic N) is 1. The van der Waals surface area contributed by atoms with Gasteiger partial charge in [-0.25, -0.2) is 8.42 Å². The monoisotopic (exact) mass is 304 g/mol. The number of benzene rings is 2. The van der Waals surface area contributed by atoms with Crippen molar-refractivity contribution in [2.45, 2.75) is 18.4 Å². The van der Waals surface area contributed by atoms with Gasteiger partial charge in [0.1, 0.15) is 0 Å². The molecule has 2 aromatic carbocycles. The molecule has 0 unspecified atom stereocenters. The highest BCUT2D eigenvalue weighted by atomic mass is 32.2. The number of anilines is 2. The van der Waals surface area contributed by atoms with Crippen LogP contribution in [0.2, 0.25) is 0 Å². The summed E-state index contributed by atoms with van der Waals surface area (Å²) in [6.45, 7) is 3.33. The Labute approximate surface area is 126 Å². The van der Waals surface area contributed by atoms with Crippen LogP contribution < -0.4 is 10.6 Å². The number of nitrogen functional groups attached to an aromatic ring is 1. The number of hydrogen-bond donors (Lipinski definition) is 1. The Kier molecular flexibility index (Phi) is 4.53. The summed E-state index contributed by atoms with van der Waals surface area (Å²) in [6.07, 6.45) is 1.24. The van der Waals surface area contributed by atoms with E-state index in [1.54, 1.807) is 12.1 Å². The zero-order chi connectivity index (χ0) is 15.5. The molecule has 0 aliphatic carbocycles. The van der Waals surface area contributed by atoms with Crippen LogP contribution in [-0.4, -0.2) is 21.2 Å². The molecule has 0 amide bonds. The van der Waals surface area contributed by atoms with Crippen molar-refractivity contribution in [1.29, 1.82) is 0 Å². The van der Waals surface area contributed by atoms with Gasteiger partial charge < -0.3 is 10.6 Å². The molecule has 0 aliphatic heterocycles. The standard InChI is InChI=1S/C16H20N2O2S/c1-3-18(12-13-7-6-8-14(17)11-13)15-9-4-5-10-16(15)21(2,19)20/h4-11H,3,12,17H2,1-2H3. The van der Waals surface area contributed by atoms with E-state index in [1.165, 1.54) is 6.26 Å². The lowest BCUT2D eigenvalue weighted by Gasteiger charge is -2.25. The molecule has 2 aromatic rings. The van der Waals surface area contributed by atoms with E-state index in [2.05, 4.69) is 0 Å². The van der Waals surface area contributed by atoms with Gasteiger partial charge in [0, 0.05) is 25.0 Å². The SMILES string of the molecule is CCN(Cc1cccc(N)c1)c1ccccc1S(C)(=O)=O. The summed E-state index contributed by atoms with van der Waals surface area (Å²) in [5, 5.41) is 0. The molecule has 112 valence electrons. The minimum absolute atomic E-state index is 0.357. The quantitative estimate of drug-likeness (QED) is 0.863. The van der Waals surface area contributed by atoms with Gasteiger partial charge in [-0.1, -0.05) is 24.3 Å². The van der Waals surface area contributed by atoms with E-state index in [-0.39, 0.29) is 0 Å². The molecular formula is C16H20N2O2S. The second-order valence-corrected chi connectivity index (χ2v) is 6.98. The molecule has 2 N–H and O–H groups in total. The van der Waals surface area contributed by atoms with Gasteiger partial charge >= 0.3 is 0 Å². The Balaban J connectivity index is 2.39. The van der Waals surface area contributed by atoms with Gasteiger partial charge in [-0.05, 0) is 36.8 Å². The van der Waals surface area contributed by atoms with Crippen LogP contribution >= 0.6 is 0 Å². The highest BCUT2D eigenvalue weighted by Crippen LogP contribution is 2.26. The number of rotatable bonds is 5. The van der Waals surface area contributed by atoms with E-state index in [0.29, 0.717) is 23.7 Å². The maximum absolute atomic E-state index is 11.9. The summed E-state index contributed by atoms with van der Waals surface area (Å²) in [6, 6.07) is 14.7. The Morgan fingerprint density at radius 1 is 1.10 bits per heavy atom. The normalized spacial score (nSPS) is 11.3. The third-order valence-electron chi connectivity index (χ3n) is 3.31. The van der Waals surface area contributed by atoms with Crippen molar-refractivity contribution in [2.24, 2.45) is 0 Å². The van der Waals surface area contributed by atoms with E-state index in [9.17, 15) is 8.42 Å². The van der Waals surface area contributed by atoms with Crippen LogP contribution in [0.1, 0.15) is 12.5 Å². The first-order valence-electron chi connectivity index (χ1n) is 6.80. The second kappa shape index (κ2) is 6.18. The first kappa shape index (κ1) is 15.4. The fraction of sp³-hybridized carbons (Fsp3) is 0.250. The van der Waals surface area contributed by atoms with E-state index in [0.717, 1.165) is 11.3 Å². The first-order valence-corrected chi connectivity index (χ1v) is 8.69. The Bertz CT molecular complexity index is 727. The third kappa shape index (κ3) is 3.76. The molecule has 4 nitrogen and oxygen atoms in total. The van der Waals surface area contributed by atoms with Gasteiger partial charge in [-0.3, -0.25) is 0 Å². The molecule has 0 atom stereocenters. The summed E-state index contributed by atoms with van der Waals surface area (Å²) in [4.78, 5) is 2.39. The number of hydrogen-bond acceptors (Lipinski definition) is 4. The summed E-state index contributed by atoms with van der Waals surface area (Å²) in [7, 11) is -3.26. The third-order valence-corrected chi connectivity index (χ3v) is 4.46. The van der Waals surface area contributed by atoms with Gasteiger partial charge in [0.15, 0.2) is 9.84 Å². The lowest BCUT2D eigenvalue weighted by atomic mass is 10.1. The van der Waals surface area contributed by atoms with Crippen LogP contribution in [0.25, 0.3) is 0 Å². The average molecular weight is 304 g/mol. The molecule has 0 spiro atoms. The maximum atomic E-state index is 11.9. The van der Waals surface area contributed by atoms with Crippen molar-refractivity contribution in [3.8, 4) is 0 Å². The van der Waals surface area contributed by atoms with Crippen LogP contribution in [0, 0.1) is 0 Å². The minimum atomic E-state index is -3.26. The molecule has 0 aliphatic rings. The van der Waals surface area contributed by atoms with E-state index in [1.807, 2.05) is 48.2 Å². The Morgan fingerprint density at radius 3 is 2.43 bits per heavy atom. The van der Waals surface area contributed by atoms with E-state index >= 15 is 0 Å². The van der Waals surface area contributed by atoms with Gasteiger partial charge in [-0.15, -0.1) is 0 Å². The van der Waals surface area contributed by atoms with Gasteiger partial charge in [0.25, 0.3) is 0 Å². The topological polar surface area (TPSA) is 63.4 Å². The number of para-hydroxylation sites is 1. The average Bonchev–Trinajstić information content (AvgIpc) is 2.44. The van der Waals surface area contributed by atoms with Crippen LogP contribution in [0.5, 0.6) is 0 Å². The molecule has 0 saturated carbocycles. The molecule has 2 rings (SSSR count). The molecule has 0 heterocycles. The number of nitrogens with two attached hydrogens (primary N) is 1. The predicted molar refractivity (Wildman–Crippen MR) is 87.1 cm³/mol. The van der Waals surface area contributed by atoms with Crippen molar-refractivity contribution in [2.75, 3.05) is 23.4 Å². The lowest BCUT2D eigenvalue weighted by molar-refractivity contribution is 0.601. The molecule has 0 radical (unpaired) electrons. The fourth-order valence-electron chi connectivity index (χ4n) is 2.31. The van der Waals surface area contributed by atoms with Gasteiger partial charge in [0.2, 0.25) is 0 Å². The van der Waals surface area contributed by atoms with Crippen LogP contribution in [0.3, 0.4) is 0 Å². The van der Waals surface area contributed by atoms with Gasteiger partial charge in [-0.2, -0.15) is 0 Å². The lowest BCUT2D eigenvalue weighted by Crippen LogP contribution is -2.24. The van der Waals surface area contributed by atoms with E-state index < -0.39 is 9.84 Å². The zero-order valence-corrected chi connectivity index (χ0v) is 13.1. The summed E-state index contributed by atoms with van der Waals surface area (Å²) in [5.74, 6) is 0. The van der Waals surface area contributed by atoms with Crippen LogP contribution in [-0.2, 0) is 16.4 Å². The van der Waals surface area contributed by atoms with E-state index in [4.69, 9.17) is 5.73 Å². The number of sulfone groups is 1. The van der Waals surface area contributed by atoms with Crippen molar-refractivity contribution < 1.29 is 8.42 Å². The molecule has 0 fully saturated rings. The van der Waals surface area contributed by atoms with Crippen LogP contribution in [0.15, 0.2) is 53.4 Å². The minimum Gasteiger partial charge on any atom is -0.399 e. The highest BCUT2D eigenvalue weighted by Gasteiger charge is 2.17. The first-order chi connectivity index (χ1) is 9.91. The summed E-state index contributed by atoms with van der Waals surface area (Å²) >= 11 is 0. The summed E-state index contributed by atoms with van der Waals surface area (Å²) in [5.41, 5.74) is 8.29. The molecule has 0 aromatic heterocycles. The van der Waals surface area contributed by atoms with Gasteiger partial charge in [0.05, 0.1) is 10.6 Å².